The molecule has 0 bridgehead atoms. The minimum atomic E-state index is -0.528. The molecule has 2 aromatic rings. The van der Waals surface area contributed by atoms with Crippen molar-refractivity contribution in [3.8, 4) is 5.69 Å². The molecule has 0 unspecified atom stereocenters. The summed E-state index contributed by atoms with van der Waals surface area (Å²) in [4.78, 5) is 0. The molecule has 1 aromatic heterocycles. The monoisotopic (exact) mass is 280 g/mol. The minimum Gasteiger partial charge on any atom is -0.207 e. The highest BCUT2D eigenvalue weighted by molar-refractivity contribution is 6.37. The first-order chi connectivity index (χ1) is 7.63. The van der Waals surface area contributed by atoms with Crippen molar-refractivity contribution in [3.63, 3.8) is 0 Å². The summed E-state index contributed by atoms with van der Waals surface area (Å²) in [5, 5.41) is 11.0. The Morgan fingerprint density at radius 2 is 1.88 bits per heavy atom. The van der Waals surface area contributed by atoms with E-state index in [0.29, 0.717) is 11.5 Å². The van der Waals surface area contributed by atoms with Gasteiger partial charge in [-0.05, 0) is 22.6 Å². The molecule has 1 heterocycles. The summed E-state index contributed by atoms with van der Waals surface area (Å²) in [6, 6.07) is 2.25. The first kappa shape index (κ1) is 11.6. The van der Waals surface area contributed by atoms with Gasteiger partial charge in [-0.3, -0.25) is 0 Å². The smallest absolute Gasteiger partial charge is 0.171 e. The number of benzene rings is 1. The minimum absolute atomic E-state index is 0.0943. The van der Waals surface area contributed by atoms with E-state index >= 15 is 0 Å². The average molecular weight is 282 g/mol. The topological polar surface area (TPSA) is 43.6 Å². The van der Waals surface area contributed by atoms with E-state index in [-0.39, 0.29) is 15.9 Å². The van der Waals surface area contributed by atoms with Gasteiger partial charge in [-0.2, -0.15) is 4.68 Å². The van der Waals surface area contributed by atoms with Crippen molar-refractivity contribution in [2.24, 2.45) is 0 Å². The van der Waals surface area contributed by atoms with Crippen molar-refractivity contribution in [3.05, 3.63) is 33.8 Å². The van der Waals surface area contributed by atoms with Crippen molar-refractivity contribution in [1.29, 1.82) is 0 Å². The van der Waals surface area contributed by atoms with E-state index in [1.54, 1.807) is 0 Å². The van der Waals surface area contributed by atoms with E-state index in [2.05, 4.69) is 15.5 Å². The van der Waals surface area contributed by atoms with Gasteiger partial charge in [-0.25, -0.2) is 4.39 Å². The van der Waals surface area contributed by atoms with Gasteiger partial charge in [0.2, 0.25) is 0 Å². The molecule has 0 atom stereocenters. The van der Waals surface area contributed by atoms with Gasteiger partial charge in [-0.15, -0.1) is 16.7 Å². The van der Waals surface area contributed by atoms with Crippen LogP contribution in [0.3, 0.4) is 0 Å². The van der Waals surface area contributed by atoms with Crippen LogP contribution < -0.4 is 0 Å². The predicted molar refractivity (Wildman–Crippen MR) is 58.7 cm³/mol. The Kier molecular flexibility index (Phi) is 3.28. The van der Waals surface area contributed by atoms with Crippen LogP contribution in [0.4, 0.5) is 4.39 Å². The zero-order valence-corrected chi connectivity index (χ0v) is 9.93. The molecule has 1 aromatic carbocycles. The molecule has 0 fully saturated rings. The van der Waals surface area contributed by atoms with Gasteiger partial charge in [0.15, 0.2) is 5.82 Å². The average Bonchev–Trinajstić information content (AvgIpc) is 2.64. The van der Waals surface area contributed by atoms with Crippen molar-refractivity contribution in [1.82, 2.24) is 20.2 Å². The van der Waals surface area contributed by atoms with Gasteiger partial charge in [0.05, 0.1) is 15.9 Å². The third-order valence-corrected chi connectivity index (χ3v) is 2.66. The van der Waals surface area contributed by atoms with Gasteiger partial charge >= 0.3 is 0 Å². The molecule has 0 radical (unpaired) electrons. The molecule has 2 rings (SSSR count). The zero-order chi connectivity index (χ0) is 11.7. The lowest BCUT2D eigenvalue weighted by Gasteiger charge is -2.07. The van der Waals surface area contributed by atoms with Crippen LogP contribution in [0.15, 0.2) is 12.1 Å². The standard InChI is InChI=1S/C8H4Cl3FN4/c9-3-7-13-14-15-16(7)8-5(10)1-4(12)2-6(8)11/h1-2H,3H2. The number of nitrogens with zero attached hydrogens (tertiary/aromatic N) is 4. The Morgan fingerprint density at radius 3 is 2.44 bits per heavy atom. The number of alkyl halides is 1. The van der Waals surface area contributed by atoms with Crippen LogP contribution in [0, 0.1) is 5.82 Å². The third-order valence-electron chi connectivity index (χ3n) is 1.85. The Balaban J connectivity index is 2.64. The quantitative estimate of drug-likeness (QED) is 0.795. The number of halogens is 4. The number of aromatic nitrogens is 4. The normalized spacial score (nSPS) is 10.8. The van der Waals surface area contributed by atoms with E-state index in [0.717, 1.165) is 12.1 Å². The van der Waals surface area contributed by atoms with Crippen molar-refractivity contribution in [2.75, 3.05) is 0 Å². The Hall–Kier alpha value is -0.910. The molecular formula is C8H4Cl3FN4. The number of rotatable bonds is 2. The second kappa shape index (κ2) is 4.53. The zero-order valence-electron chi connectivity index (χ0n) is 7.66. The predicted octanol–water partition coefficient (Wildman–Crippen LogP) is 2.85. The summed E-state index contributed by atoms with van der Waals surface area (Å²) < 4.78 is 14.3. The molecule has 0 saturated carbocycles. The van der Waals surface area contributed by atoms with E-state index in [1.165, 1.54) is 4.68 Å². The van der Waals surface area contributed by atoms with Crippen LogP contribution in [0.2, 0.25) is 10.0 Å². The van der Waals surface area contributed by atoms with Crippen molar-refractivity contribution >= 4 is 34.8 Å². The van der Waals surface area contributed by atoms with E-state index < -0.39 is 5.82 Å². The highest BCUT2D eigenvalue weighted by Gasteiger charge is 2.15. The second-order valence-corrected chi connectivity index (χ2v) is 3.94. The number of hydrogen-bond acceptors (Lipinski definition) is 3. The second-order valence-electron chi connectivity index (χ2n) is 2.86. The molecule has 0 aliphatic heterocycles. The van der Waals surface area contributed by atoms with Crippen molar-refractivity contribution in [2.45, 2.75) is 5.88 Å². The first-order valence-electron chi connectivity index (χ1n) is 4.11. The molecule has 0 spiro atoms. The van der Waals surface area contributed by atoms with Crippen LogP contribution in [-0.2, 0) is 5.88 Å². The lowest BCUT2D eigenvalue weighted by Crippen LogP contribution is -2.03. The van der Waals surface area contributed by atoms with Gasteiger partial charge in [0, 0.05) is 0 Å². The summed E-state index contributed by atoms with van der Waals surface area (Å²) in [5.74, 6) is -0.0619. The van der Waals surface area contributed by atoms with Crippen LogP contribution in [0.25, 0.3) is 5.69 Å². The molecule has 0 N–H and O–H groups in total. The maximum atomic E-state index is 13.0. The van der Waals surface area contributed by atoms with Crippen LogP contribution in [-0.4, -0.2) is 20.2 Å². The summed E-state index contributed by atoms with van der Waals surface area (Å²) in [5.41, 5.74) is 0.311. The summed E-state index contributed by atoms with van der Waals surface area (Å²) in [7, 11) is 0. The van der Waals surface area contributed by atoms with Gasteiger partial charge in [0.25, 0.3) is 0 Å². The van der Waals surface area contributed by atoms with Crippen LogP contribution in [0.5, 0.6) is 0 Å². The fourth-order valence-electron chi connectivity index (χ4n) is 1.20. The van der Waals surface area contributed by atoms with E-state index in [4.69, 9.17) is 34.8 Å². The molecule has 0 aliphatic rings. The summed E-state index contributed by atoms with van der Waals surface area (Å²) in [6.45, 7) is 0. The largest absolute Gasteiger partial charge is 0.207 e. The van der Waals surface area contributed by atoms with Gasteiger partial charge < -0.3 is 0 Å². The molecule has 84 valence electrons. The molecule has 8 heteroatoms. The SMILES string of the molecule is Fc1cc(Cl)c(-n2nnnc2CCl)c(Cl)c1. The highest BCUT2D eigenvalue weighted by atomic mass is 35.5. The van der Waals surface area contributed by atoms with Crippen molar-refractivity contribution < 1.29 is 4.39 Å². The molecule has 0 amide bonds. The van der Waals surface area contributed by atoms with E-state index in [9.17, 15) is 4.39 Å². The maximum absolute atomic E-state index is 13.0. The molecular weight excluding hydrogens is 277 g/mol. The first-order valence-corrected chi connectivity index (χ1v) is 5.40. The summed E-state index contributed by atoms with van der Waals surface area (Å²) in [6.07, 6.45) is 0. The Morgan fingerprint density at radius 1 is 1.25 bits per heavy atom. The van der Waals surface area contributed by atoms with Gasteiger partial charge in [-0.1, -0.05) is 23.2 Å². The Bertz CT molecular complexity index is 505. The molecule has 0 aliphatic carbocycles. The summed E-state index contributed by atoms with van der Waals surface area (Å²) >= 11 is 17.4. The highest BCUT2D eigenvalue weighted by Crippen LogP contribution is 2.29. The molecule has 16 heavy (non-hydrogen) atoms. The molecule has 4 nitrogen and oxygen atoms in total. The molecule has 0 saturated heterocycles. The maximum Gasteiger partial charge on any atom is 0.171 e. The third kappa shape index (κ3) is 1.98. The van der Waals surface area contributed by atoms with Gasteiger partial charge in [0.1, 0.15) is 11.5 Å². The number of hydrogen-bond donors (Lipinski definition) is 0. The van der Waals surface area contributed by atoms with Crippen LogP contribution >= 0.6 is 34.8 Å². The number of tetrazole rings is 1. The Labute approximate surface area is 105 Å². The lowest BCUT2D eigenvalue weighted by atomic mass is 10.3. The lowest BCUT2D eigenvalue weighted by molar-refractivity contribution is 0.626. The fourth-order valence-corrected chi connectivity index (χ4v) is 1.99. The fraction of sp³-hybridized carbons (Fsp3) is 0.125. The van der Waals surface area contributed by atoms with Crippen LogP contribution in [0.1, 0.15) is 5.82 Å². The van der Waals surface area contributed by atoms with E-state index in [1.807, 2.05) is 0 Å².